The van der Waals surface area contributed by atoms with Crippen LogP contribution in [0, 0.1) is 0 Å². The van der Waals surface area contributed by atoms with E-state index in [1.54, 1.807) is 0 Å². The van der Waals surface area contributed by atoms with E-state index in [4.69, 9.17) is 33.0 Å². The van der Waals surface area contributed by atoms with Gasteiger partial charge >= 0.3 is 18.2 Å². The molecule has 3 N–H and O–H groups in total. The minimum atomic E-state index is -4.68. The molecule has 32 heavy (non-hydrogen) atoms. The zero-order chi connectivity index (χ0) is 23.5. The second kappa shape index (κ2) is 9.33. The van der Waals surface area contributed by atoms with Crippen molar-refractivity contribution in [3.63, 3.8) is 0 Å². The third-order valence-electron chi connectivity index (χ3n) is 3.90. The predicted octanol–water partition coefficient (Wildman–Crippen LogP) is 6.54. The number of amides is 2. The lowest BCUT2D eigenvalue weighted by molar-refractivity contribution is -0.137. The maximum Gasteiger partial charge on any atom is 0.417 e. The number of halogens is 5. The summed E-state index contributed by atoms with van der Waals surface area (Å²) in [5.41, 5.74) is -1.26. The first kappa shape index (κ1) is 23.2. The Morgan fingerprint density at radius 1 is 0.938 bits per heavy atom. The van der Waals surface area contributed by atoms with Gasteiger partial charge < -0.3 is 20.5 Å². The Bertz CT molecular complexity index is 1190. The molecule has 3 rings (SSSR count). The van der Waals surface area contributed by atoms with Crippen molar-refractivity contribution >= 4 is 46.6 Å². The van der Waals surface area contributed by atoms with Crippen molar-refractivity contribution in [3.05, 3.63) is 76.0 Å². The van der Waals surface area contributed by atoms with E-state index >= 15 is 0 Å². The molecular formula is C20H12Cl2F3N3O4. The van der Waals surface area contributed by atoms with Crippen LogP contribution < -0.4 is 15.4 Å². The number of aromatic carboxylic acids is 1. The van der Waals surface area contributed by atoms with Crippen LogP contribution in [0.15, 0.2) is 54.7 Å². The van der Waals surface area contributed by atoms with E-state index in [0.29, 0.717) is 6.07 Å². The molecule has 1 aromatic heterocycles. The minimum Gasteiger partial charge on any atom is -0.477 e. The summed E-state index contributed by atoms with van der Waals surface area (Å²) in [6.45, 7) is 0. The Morgan fingerprint density at radius 2 is 1.66 bits per heavy atom. The Balaban J connectivity index is 1.69. The fourth-order valence-electron chi connectivity index (χ4n) is 2.49. The number of benzene rings is 2. The number of anilines is 2. The molecular weight excluding hydrogens is 474 g/mol. The number of carbonyl (C=O) groups excluding carboxylic acids is 1. The van der Waals surface area contributed by atoms with E-state index in [-0.39, 0.29) is 33.6 Å². The van der Waals surface area contributed by atoms with Crippen molar-refractivity contribution in [3.8, 4) is 11.5 Å². The van der Waals surface area contributed by atoms with Crippen molar-refractivity contribution in [1.82, 2.24) is 4.98 Å². The van der Waals surface area contributed by atoms with Crippen LogP contribution in [0.4, 0.5) is 29.3 Å². The van der Waals surface area contributed by atoms with Gasteiger partial charge in [-0.25, -0.2) is 14.6 Å². The van der Waals surface area contributed by atoms with Gasteiger partial charge in [0.2, 0.25) is 0 Å². The highest BCUT2D eigenvalue weighted by Crippen LogP contribution is 2.36. The summed E-state index contributed by atoms with van der Waals surface area (Å²) in [5, 5.41) is 13.2. The van der Waals surface area contributed by atoms with Gasteiger partial charge in [-0.05, 0) is 36.4 Å². The van der Waals surface area contributed by atoms with Gasteiger partial charge in [0.25, 0.3) is 0 Å². The molecule has 166 valence electrons. The van der Waals surface area contributed by atoms with Gasteiger partial charge in [0.1, 0.15) is 11.5 Å². The lowest BCUT2D eigenvalue weighted by Crippen LogP contribution is -2.20. The Labute approximate surface area is 188 Å². The van der Waals surface area contributed by atoms with E-state index in [1.807, 2.05) is 0 Å². The van der Waals surface area contributed by atoms with E-state index in [9.17, 15) is 22.8 Å². The van der Waals surface area contributed by atoms with Gasteiger partial charge in [-0.2, -0.15) is 13.2 Å². The van der Waals surface area contributed by atoms with Crippen LogP contribution >= 0.6 is 23.2 Å². The molecule has 0 saturated carbocycles. The van der Waals surface area contributed by atoms with E-state index < -0.39 is 28.8 Å². The summed E-state index contributed by atoms with van der Waals surface area (Å²) in [7, 11) is 0. The standard InChI is InChI=1S/C20H12Cl2F3N3O4/c21-14-3-1-10(7-13(14)20(23,24)25)27-19(31)28-16-4-2-11(8-15(16)22)32-12-5-6-26-17(9-12)18(29)30/h1-9H,(H,29,30)(H2,27,28,31). The number of rotatable bonds is 5. The molecule has 0 spiro atoms. The number of nitrogens with zero attached hydrogens (tertiary/aromatic N) is 1. The second-order valence-electron chi connectivity index (χ2n) is 6.20. The molecule has 0 unspecified atom stereocenters. The molecule has 0 saturated heterocycles. The fraction of sp³-hybridized carbons (Fsp3) is 0.0500. The first-order chi connectivity index (χ1) is 15.0. The highest BCUT2D eigenvalue weighted by molar-refractivity contribution is 6.34. The highest BCUT2D eigenvalue weighted by Gasteiger charge is 2.33. The molecule has 7 nitrogen and oxygen atoms in total. The Hall–Kier alpha value is -3.50. The smallest absolute Gasteiger partial charge is 0.417 e. The summed E-state index contributed by atoms with van der Waals surface area (Å²) >= 11 is 11.7. The normalized spacial score (nSPS) is 11.0. The quantitative estimate of drug-likeness (QED) is 0.380. The maximum atomic E-state index is 12.9. The number of carboxylic acid groups (broad SMARTS) is 1. The van der Waals surface area contributed by atoms with Crippen LogP contribution in [0.1, 0.15) is 16.1 Å². The van der Waals surface area contributed by atoms with Crippen molar-refractivity contribution in [2.75, 3.05) is 10.6 Å². The van der Waals surface area contributed by atoms with Crippen molar-refractivity contribution in [2.24, 2.45) is 0 Å². The van der Waals surface area contributed by atoms with Gasteiger partial charge in [-0.3, -0.25) is 0 Å². The number of nitrogens with one attached hydrogen (secondary N) is 2. The molecule has 0 aliphatic heterocycles. The van der Waals surface area contributed by atoms with Crippen LogP contribution in [0.5, 0.6) is 11.5 Å². The van der Waals surface area contributed by atoms with Crippen molar-refractivity contribution in [2.45, 2.75) is 6.18 Å². The molecule has 0 fully saturated rings. The molecule has 3 aromatic rings. The number of hydrogen-bond donors (Lipinski definition) is 3. The van der Waals surface area contributed by atoms with E-state index in [1.165, 1.54) is 42.6 Å². The second-order valence-corrected chi connectivity index (χ2v) is 7.01. The molecule has 0 atom stereocenters. The predicted molar refractivity (Wildman–Crippen MR) is 112 cm³/mol. The van der Waals surface area contributed by atoms with Gasteiger partial charge in [0.15, 0.2) is 5.69 Å². The lowest BCUT2D eigenvalue weighted by Gasteiger charge is -2.13. The number of carbonyl (C=O) groups is 2. The van der Waals surface area contributed by atoms with Gasteiger partial charge in [-0.15, -0.1) is 0 Å². The molecule has 1 heterocycles. The monoisotopic (exact) mass is 485 g/mol. The van der Waals surface area contributed by atoms with Gasteiger partial charge in [0.05, 0.1) is 21.3 Å². The minimum absolute atomic E-state index is 0.0669. The number of aromatic nitrogens is 1. The Morgan fingerprint density at radius 3 is 2.31 bits per heavy atom. The third kappa shape index (κ3) is 5.80. The van der Waals surface area contributed by atoms with Gasteiger partial charge in [0, 0.05) is 24.0 Å². The maximum absolute atomic E-state index is 12.9. The summed E-state index contributed by atoms with van der Waals surface area (Å²) in [6.07, 6.45) is -3.41. The summed E-state index contributed by atoms with van der Waals surface area (Å²) in [6, 6.07) is 8.99. The number of hydrogen-bond acceptors (Lipinski definition) is 4. The molecule has 0 aliphatic rings. The van der Waals surface area contributed by atoms with Crippen molar-refractivity contribution < 1.29 is 32.6 Å². The fourth-order valence-corrected chi connectivity index (χ4v) is 2.94. The molecule has 2 amide bonds. The van der Waals surface area contributed by atoms with Crippen LogP contribution in [0.3, 0.4) is 0 Å². The average Bonchev–Trinajstić information content (AvgIpc) is 2.71. The van der Waals surface area contributed by atoms with E-state index in [0.717, 1.165) is 6.07 Å². The highest BCUT2D eigenvalue weighted by atomic mass is 35.5. The van der Waals surface area contributed by atoms with E-state index in [2.05, 4.69) is 15.6 Å². The topological polar surface area (TPSA) is 101 Å². The SMILES string of the molecule is O=C(Nc1ccc(Cl)c(C(F)(F)F)c1)Nc1ccc(Oc2ccnc(C(=O)O)c2)cc1Cl. The number of alkyl halides is 3. The Kier molecular flexibility index (Phi) is 6.75. The molecule has 2 aromatic carbocycles. The molecule has 0 bridgehead atoms. The summed E-state index contributed by atoms with van der Waals surface area (Å²) < 4.78 is 44.4. The van der Waals surface area contributed by atoms with Crippen LogP contribution in [-0.2, 0) is 6.18 Å². The number of carboxylic acids is 1. The van der Waals surface area contributed by atoms with Crippen molar-refractivity contribution in [1.29, 1.82) is 0 Å². The zero-order valence-corrected chi connectivity index (χ0v) is 17.2. The number of ether oxygens (including phenoxy) is 1. The molecule has 0 aliphatic carbocycles. The summed E-state index contributed by atoms with van der Waals surface area (Å²) in [5.74, 6) is -0.770. The lowest BCUT2D eigenvalue weighted by atomic mass is 10.2. The number of urea groups is 1. The molecule has 12 heteroatoms. The largest absolute Gasteiger partial charge is 0.477 e. The van der Waals surface area contributed by atoms with Crippen LogP contribution in [-0.4, -0.2) is 22.1 Å². The first-order valence-electron chi connectivity index (χ1n) is 8.64. The summed E-state index contributed by atoms with van der Waals surface area (Å²) in [4.78, 5) is 26.8. The number of pyridine rings is 1. The molecule has 0 radical (unpaired) electrons. The average molecular weight is 486 g/mol. The van der Waals surface area contributed by atoms with Crippen LogP contribution in [0.2, 0.25) is 10.0 Å². The van der Waals surface area contributed by atoms with Crippen LogP contribution in [0.25, 0.3) is 0 Å². The third-order valence-corrected chi connectivity index (χ3v) is 4.55. The first-order valence-corrected chi connectivity index (χ1v) is 9.40. The zero-order valence-electron chi connectivity index (χ0n) is 15.7. The van der Waals surface area contributed by atoms with Gasteiger partial charge in [-0.1, -0.05) is 23.2 Å².